The third-order valence-electron chi connectivity index (χ3n) is 3.03. The van der Waals surface area contributed by atoms with Crippen molar-refractivity contribution in [3.63, 3.8) is 0 Å². The number of hydrogen-bond acceptors (Lipinski definition) is 4. The molecule has 2 aromatic rings. The summed E-state index contributed by atoms with van der Waals surface area (Å²) < 4.78 is 1.64. The number of carboxylic acid groups (broad SMARTS) is 1. The lowest BCUT2D eigenvalue weighted by Crippen LogP contribution is -2.27. The number of thiazole rings is 1. The van der Waals surface area contributed by atoms with Crippen LogP contribution in [-0.2, 0) is 0 Å². The lowest BCUT2D eigenvalue weighted by Gasteiger charge is -2.20. The van der Waals surface area contributed by atoms with Gasteiger partial charge in [0.1, 0.15) is 0 Å². The summed E-state index contributed by atoms with van der Waals surface area (Å²) in [4.78, 5) is 18.6. The molecule has 1 saturated carbocycles. The van der Waals surface area contributed by atoms with Crippen molar-refractivity contribution in [2.24, 2.45) is 0 Å². The van der Waals surface area contributed by atoms with Crippen molar-refractivity contribution in [2.75, 3.05) is 11.4 Å². The molecule has 1 fully saturated rings. The zero-order valence-electron chi connectivity index (χ0n) is 9.74. The summed E-state index contributed by atoms with van der Waals surface area (Å²) in [6.45, 7) is 4.37. The van der Waals surface area contributed by atoms with Crippen molar-refractivity contribution >= 4 is 28.1 Å². The van der Waals surface area contributed by atoms with Crippen LogP contribution in [0.25, 0.3) is 4.96 Å². The largest absolute Gasteiger partial charge is 0.476 e. The highest BCUT2D eigenvalue weighted by Gasteiger charge is 2.33. The van der Waals surface area contributed by atoms with E-state index >= 15 is 0 Å². The van der Waals surface area contributed by atoms with Crippen molar-refractivity contribution in [1.29, 1.82) is 0 Å². The fraction of sp³-hybridized carbons (Fsp3) is 0.333. The summed E-state index contributed by atoms with van der Waals surface area (Å²) in [5.74, 6) is -0.373. The van der Waals surface area contributed by atoms with E-state index in [-0.39, 0.29) is 5.69 Å². The molecule has 0 saturated heterocycles. The normalized spacial score (nSPS) is 14.9. The molecule has 0 atom stereocenters. The van der Waals surface area contributed by atoms with Crippen LogP contribution in [0.2, 0.25) is 0 Å². The Morgan fingerprint density at radius 1 is 1.72 bits per heavy atom. The molecule has 0 bridgehead atoms. The lowest BCUT2D eigenvalue weighted by molar-refractivity contribution is 0.0690. The average Bonchev–Trinajstić information content (AvgIpc) is 2.94. The van der Waals surface area contributed by atoms with Gasteiger partial charge in [-0.25, -0.2) is 9.78 Å². The molecule has 1 aliphatic rings. The number of nitrogens with zero attached hydrogens (tertiary/aromatic N) is 3. The van der Waals surface area contributed by atoms with E-state index in [1.165, 1.54) is 11.3 Å². The molecule has 94 valence electrons. The molecule has 5 nitrogen and oxygen atoms in total. The number of aromatic carboxylic acids is 1. The minimum Gasteiger partial charge on any atom is -0.476 e. The molecule has 1 N–H and O–H groups in total. The molecule has 3 rings (SSSR count). The first-order valence-corrected chi connectivity index (χ1v) is 6.66. The van der Waals surface area contributed by atoms with Gasteiger partial charge in [0.15, 0.2) is 16.5 Å². The Kier molecular flexibility index (Phi) is 2.59. The van der Waals surface area contributed by atoms with Crippen LogP contribution >= 0.6 is 11.3 Å². The number of carboxylic acids is 1. The van der Waals surface area contributed by atoms with E-state index < -0.39 is 5.97 Å². The van der Waals surface area contributed by atoms with Crippen LogP contribution in [0.3, 0.4) is 0 Å². The van der Waals surface area contributed by atoms with Crippen molar-refractivity contribution in [3.8, 4) is 0 Å². The third-order valence-corrected chi connectivity index (χ3v) is 3.79. The number of carbonyl (C=O) groups is 1. The summed E-state index contributed by atoms with van der Waals surface area (Å²) in [7, 11) is 0. The van der Waals surface area contributed by atoms with Gasteiger partial charge >= 0.3 is 5.97 Å². The van der Waals surface area contributed by atoms with Crippen molar-refractivity contribution < 1.29 is 9.90 Å². The van der Waals surface area contributed by atoms with Crippen molar-refractivity contribution in [2.45, 2.75) is 18.9 Å². The third kappa shape index (κ3) is 1.69. The Bertz CT molecular complexity index is 612. The predicted octanol–water partition coefficient (Wildman–Crippen LogP) is 2.25. The van der Waals surface area contributed by atoms with E-state index in [9.17, 15) is 9.90 Å². The second-order valence-corrected chi connectivity index (χ2v) is 5.19. The van der Waals surface area contributed by atoms with E-state index in [2.05, 4.69) is 11.6 Å². The molecule has 0 spiro atoms. The van der Waals surface area contributed by atoms with Gasteiger partial charge in [-0.2, -0.15) is 0 Å². The smallest absolute Gasteiger partial charge is 0.356 e. The van der Waals surface area contributed by atoms with Gasteiger partial charge in [0.25, 0.3) is 0 Å². The second kappa shape index (κ2) is 4.13. The first-order valence-electron chi connectivity index (χ1n) is 5.78. The molecule has 0 radical (unpaired) electrons. The van der Waals surface area contributed by atoms with Gasteiger partial charge in [-0.05, 0) is 12.8 Å². The fourth-order valence-corrected chi connectivity index (χ4v) is 2.82. The molecule has 0 aromatic carbocycles. The van der Waals surface area contributed by atoms with Crippen LogP contribution in [0.1, 0.15) is 23.3 Å². The summed E-state index contributed by atoms with van der Waals surface area (Å²) in [6, 6.07) is 0.408. The maximum absolute atomic E-state index is 11.4. The van der Waals surface area contributed by atoms with Crippen LogP contribution in [0.5, 0.6) is 0 Å². The van der Waals surface area contributed by atoms with Gasteiger partial charge < -0.3 is 10.0 Å². The van der Waals surface area contributed by atoms with Crippen LogP contribution in [0.4, 0.5) is 5.82 Å². The zero-order valence-corrected chi connectivity index (χ0v) is 10.6. The van der Waals surface area contributed by atoms with Crippen LogP contribution in [-0.4, -0.2) is 33.0 Å². The molecular formula is C12H13N3O2S. The molecule has 0 aliphatic heterocycles. The Hall–Kier alpha value is -1.82. The summed E-state index contributed by atoms with van der Waals surface area (Å²) >= 11 is 1.44. The lowest BCUT2D eigenvalue weighted by atomic mass is 10.3. The highest BCUT2D eigenvalue weighted by molar-refractivity contribution is 7.15. The van der Waals surface area contributed by atoms with E-state index in [0.717, 1.165) is 17.8 Å². The van der Waals surface area contributed by atoms with Gasteiger partial charge in [0, 0.05) is 24.2 Å². The summed E-state index contributed by atoms with van der Waals surface area (Å²) in [6.07, 6.45) is 5.73. The number of fused-ring (bicyclic) bond motifs is 1. The van der Waals surface area contributed by atoms with E-state index in [4.69, 9.17) is 0 Å². The number of anilines is 1. The van der Waals surface area contributed by atoms with E-state index in [1.807, 2.05) is 10.3 Å². The van der Waals surface area contributed by atoms with E-state index in [0.29, 0.717) is 18.4 Å². The molecule has 6 heteroatoms. The minimum absolute atomic E-state index is 0.250. The van der Waals surface area contributed by atoms with Crippen LogP contribution in [0.15, 0.2) is 24.2 Å². The maximum atomic E-state index is 11.4. The standard InChI is InChI=1S/C12H13N3O2S/c1-2-5-14(8-3-4-8)10-9(11(16)17)15-6-7-18-12(15)13-10/h2,6-8H,1,3-5H2,(H,16,17). The SMILES string of the molecule is C=CCN(c1nc2sccn2c1C(=O)O)C1CC1. The molecule has 0 unspecified atom stereocenters. The number of hydrogen-bond donors (Lipinski definition) is 1. The summed E-state index contributed by atoms with van der Waals surface area (Å²) in [5, 5.41) is 11.2. The summed E-state index contributed by atoms with van der Waals surface area (Å²) in [5.41, 5.74) is 0.250. The van der Waals surface area contributed by atoms with Crippen molar-refractivity contribution in [3.05, 3.63) is 29.9 Å². The van der Waals surface area contributed by atoms with Gasteiger partial charge in [0.2, 0.25) is 0 Å². The Labute approximate surface area is 108 Å². The molecule has 2 heterocycles. The Morgan fingerprint density at radius 3 is 3.11 bits per heavy atom. The fourth-order valence-electron chi connectivity index (χ4n) is 2.11. The Morgan fingerprint density at radius 2 is 2.50 bits per heavy atom. The molecule has 1 aliphatic carbocycles. The molecule has 2 aromatic heterocycles. The van der Waals surface area contributed by atoms with Gasteiger partial charge in [-0.3, -0.25) is 4.40 Å². The Balaban J connectivity index is 2.13. The van der Waals surface area contributed by atoms with Crippen molar-refractivity contribution in [1.82, 2.24) is 9.38 Å². The second-order valence-electron chi connectivity index (χ2n) is 4.32. The first kappa shape index (κ1) is 11.3. The van der Waals surface area contributed by atoms with E-state index in [1.54, 1.807) is 16.7 Å². The highest BCUT2D eigenvalue weighted by atomic mass is 32.1. The monoisotopic (exact) mass is 263 g/mol. The zero-order chi connectivity index (χ0) is 12.7. The number of aromatic nitrogens is 2. The average molecular weight is 263 g/mol. The van der Waals surface area contributed by atoms with Crippen LogP contribution < -0.4 is 4.90 Å². The van der Waals surface area contributed by atoms with Gasteiger partial charge in [-0.15, -0.1) is 17.9 Å². The van der Waals surface area contributed by atoms with Gasteiger partial charge in [0.05, 0.1) is 0 Å². The number of imidazole rings is 1. The van der Waals surface area contributed by atoms with Crippen LogP contribution in [0, 0.1) is 0 Å². The molecule has 0 amide bonds. The van der Waals surface area contributed by atoms with Gasteiger partial charge in [-0.1, -0.05) is 6.08 Å². The quantitative estimate of drug-likeness (QED) is 0.841. The predicted molar refractivity (Wildman–Crippen MR) is 70.6 cm³/mol. The minimum atomic E-state index is -0.939. The first-order chi connectivity index (χ1) is 8.72. The maximum Gasteiger partial charge on any atom is 0.356 e. The molecule has 18 heavy (non-hydrogen) atoms. The molecular weight excluding hydrogens is 250 g/mol. The number of rotatable bonds is 5. The highest BCUT2D eigenvalue weighted by Crippen LogP contribution is 2.34. The topological polar surface area (TPSA) is 57.8 Å².